The summed E-state index contributed by atoms with van der Waals surface area (Å²) in [6.07, 6.45) is 0. The molecule has 2 radical (unpaired) electrons. The number of benzene rings is 3. The Hall–Kier alpha value is -0.797. The molecule has 0 aromatic heterocycles. The third kappa shape index (κ3) is 3.64. The molecule has 0 saturated heterocycles. The predicted octanol–water partition coefficient (Wildman–Crippen LogP) is 1.82. The summed E-state index contributed by atoms with van der Waals surface area (Å²) in [6, 6.07) is 32.8. The molecule has 0 nitrogen and oxygen atoms in total. The molecule has 0 aliphatic heterocycles. The van der Waals surface area contributed by atoms with Crippen LogP contribution in [0.3, 0.4) is 0 Å². The maximum absolute atomic E-state index is 2.27. The normalized spacial score (nSPS) is 10.1. The summed E-state index contributed by atoms with van der Waals surface area (Å²) >= 11 is -1.63. The van der Waals surface area contributed by atoms with Gasteiger partial charge in [0.1, 0.15) is 0 Å². The molecule has 0 aliphatic carbocycles. The first-order valence-electron chi connectivity index (χ1n) is 6.48. The molecule has 2 heteroatoms. The zero-order valence-corrected chi connectivity index (χ0v) is 15.8. The summed E-state index contributed by atoms with van der Waals surface area (Å²) in [4.78, 5) is 0. The van der Waals surface area contributed by atoms with Crippen LogP contribution < -0.4 is 13.2 Å². The number of hydrogen-bond acceptors (Lipinski definition) is 0. The molecule has 0 saturated carbocycles. The van der Waals surface area contributed by atoms with E-state index < -0.39 is 14.3 Å². The van der Waals surface area contributed by atoms with E-state index >= 15 is 0 Å². The van der Waals surface area contributed by atoms with Gasteiger partial charge in [0.15, 0.2) is 0 Å². The molecule has 0 unspecified atom stereocenters. The van der Waals surface area contributed by atoms with Gasteiger partial charge in [-0.1, -0.05) is 0 Å². The average molecular weight is 327 g/mol. The minimum atomic E-state index is -1.63. The third-order valence-electron chi connectivity index (χ3n) is 3.19. The summed E-state index contributed by atoms with van der Waals surface area (Å²) in [5.41, 5.74) is 0. The molecular weight excluding hydrogens is 312 g/mol. The summed E-state index contributed by atoms with van der Waals surface area (Å²) in [5.74, 6) is 0. The Kier molecular flexibility index (Phi) is 6.12. The molecule has 92 valence electrons. The van der Waals surface area contributed by atoms with Crippen molar-refractivity contribution in [3.8, 4) is 0 Å². The van der Waals surface area contributed by atoms with Gasteiger partial charge >= 0.3 is 119 Å². The average Bonchev–Trinajstić information content (AvgIpc) is 2.51. The molecule has 0 amide bonds. The van der Waals surface area contributed by atoms with Gasteiger partial charge in [-0.15, -0.1) is 0 Å². The molecule has 0 aliphatic rings. The van der Waals surface area contributed by atoms with E-state index in [1.165, 1.54) is 13.2 Å². The Bertz CT molecular complexity index is 529. The van der Waals surface area contributed by atoms with Gasteiger partial charge in [-0.2, -0.15) is 0 Å². The second-order valence-corrected chi connectivity index (χ2v) is 9.68. The first kappa shape index (κ1) is 15.6. The summed E-state index contributed by atoms with van der Waals surface area (Å²) < 4.78 is 4.50. The van der Waals surface area contributed by atoms with Crippen molar-refractivity contribution in [3.05, 3.63) is 91.0 Å². The van der Waals surface area contributed by atoms with Crippen LogP contribution in [-0.2, 0) is 0 Å². The van der Waals surface area contributed by atoms with E-state index in [2.05, 4.69) is 91.0 Å². The second-order valence-electron chi connectivity index (χ2n) is 4.47. The fourth-order valence-corrected chi connectivity index (χ4v) is 7.72. The van der Waals surface area contributed by atoms with Crippen molar-refractivity contribution in [1.82, 2.24) is 0 Å². The van der Waals surface area contributed by atoms with Crippen LogP contribution in [0.15, 0.2) is 91.0 Å². The van der Waals surface area contributed by atoms with Gasteiger partial charge in [0.25, 0.3) is 0 Å². The molecule has 0 heterocycles. The van der Waals surface area contributed by atoms with E-state index in [-0.39, 0.29) is 29.6 Å². The topological polar surface area (TPSA) is 0 Å². The Balaban J connectivity index is 0.00000147. The van der Waals surface area contributed by atoms with Crippen molar-refractivity contribution in [2.45, 2.75) is 0 Å². The van der Waals surface area contributed by atoms with E-state index in [0.717, 1.165) is 0 Å². The molecule has 0 bridgehead atoms. The SMILES string of the molecule is [Na].c1cc[c]([Ge]([c]2ccccc2)[c]2ccccc2)cc1. The molecule has 0 N–H and O–H groups in total. The van der Waals surface area contributed by atoms with Crippen molar-refractivity contribution in [1.29, 1.82) is 0 Å². The summed E-state index contributed by atoms with van der Waals surface area (Å²) in [6.45, 7) is 0. The fourth-order valence-electron chi connectivity index (χ4n) is 2.31. The van der Waals surface area contributed by atoms with Gasteiger partial charge in [0.2, 0.25) is 0 Å². The van der Waals surface area contributed by atoms with Crippen molar-refractivity contribution in [2.75, 3.05) is 0 Å². The maximum atomic E-state index is 2.27. The van der Waals surface area contributed by atoms with Crippen LogP contribution in [0.4, 0.5) is 0 Å². The quantitative estimate of drug-likeness (QED) is 0.644. The number of hydrogen-bond donors (Lipinski definition) is 0. The van der Waals surface area contributed by atoms with E-state index in [1.54, 1.807) is 0 Å². The van der Waals surface area contributed by atoms with Crippen LogP contribution in [0.5, 0.6) is 0 Å². The molecular formula is C18H15GeNa. The molecule has 3 rings (SSSR count). The fraction of sp³-hybridized carbons (Fsp3) is 0. The van der Waals surface area contributed by atoms with Gasteiger partial charge in [0.05, 0.1) is 0 Å². The zero-order valence-electron chi connectivity index (χ0n) is 11.7. The van der Waals surface area contributed by atoms with Crippen LogP contribution >= 0.6 is 0 Å². The monoisotopic (exact) mass is 328 g/mol. The minimum absolute atomic E-state index is 0. The molecule has 0 fully saturated rings. The standard InChI is InChI=1S/C18H15Ge.Na/c1-4-10-16(11-5-1)19(17-12-6-2-7-13-17)18-14-8-3-9-15-18;/h1-15H;. The third-order valence-corrected chi connectivity index (χ3v) is 8.92. The van der Waals surface area contributed by atoms with E-state index in [4.69, 9.17) is 0 Å². The number of rotatable bonds is 3. The van der Waals surface area contributed by atoms with Crippen LogP contribution in [-0.4, -0.2) is 43.9 Å². The van der Waals surface area contributed by atoms with Crippen molar-refractivity contribution >= 4 is 57.1 Å². The van der Waals surface area contributed by atoms with E-state index in [1.807, 2.05) is 0 Å². The molecule has 3 aromatic carbocycles. The van der Waals surface area contributed by atoms with Gasteiger partial charge < -0.3 is 0 Å². The van der Waals surface area contributed by atoms with Gasteiger partial charge in [-0.05, 0) is 0 Å². The van der Waals surface area contributed by atoms with Crippen LogP contribution in [0.1, 0.15) is 0 Å². The predicted molar refractivity (Wildman–Crippen MR) is 89.7 cm³/mol. The Morgan fingerprint density at radius 2 is 0.650 bits per heavy atom. The van der Waals surface area contributed by atoms with Gasteiger partial charge in [-0.3, -0.25) is 0 Å². The van der Waals surface area contributed by atoms with E-state index in [0.29, 0.717) is 0 Å². The van der Waals surface area contributed by atoms with Crippen molar-refractivity contribution < 1.29 is 0 Å². The van der Waals surface area contributed by atoms with E-state index in [9.17, 15) is 0 Å². The van der Waals surface area contributed by atoms with Crippen molar-refractivity contribution in [3.63, 3.8) is 0 Å². The molecule has 0 spiro atoms. The van der Waals surface area contributed by atoms with Crippen molar-refractivity contribution in [2.24, 2.45) is 0 Å². The van der Waals surface area contributed by atoms with Gasteiger partial charge in [0, 0.05) is 29.6 Å². The molecule has 0 atom stereocenters. The Morgan fingerprint density at radius 3 is 0.900 bits per heavy atom. The Morgan fingerprint density at radius 1 is 0.400 bits per heavy atom. The molecule has 20 heavy (non-hydrogen) atoms. The van der Waals surface area contributed by atoms with Crippen LogP contribution in [0.2, 0.25) is 0 Å². The first-order chi connectivity index (χ1) is 9.45. The van der Waals surface area contributed by atoms with Crippen LogP contribution in [0.25, 0.3) is 0 Å². The van der Waals surface area contributed by atoms with Gasteiger partial charge in [-0.25, -0.2) is 0 Å². The Labute approximate surface area is 147 Å². The summed E-state index contributed by atoms with van der Waals surface area (Å²) in [5, 5.41) is 0. The zero-order chi connectivity index (χ0) is 12.9. The van der Waals surface area contributed by atoms with Crippen LogP contribution in [0, 0.1) is 0 Å². The molecule has 3 aromatic rings. The summed E-state index contributed by atoms with van der Waals surface area (Å²) in [7, 11) is 0. The first-order valence-corrected chi connectivity index (χ1v) is 9.63. The second kappa shape index (κ2) is 7.85.